The summed E-state index contributed by atoms with van der Waals surface area (Å²) in [5.41, 5.74) is -0.552. The van der Waals surface area contributed by atoms with Gasteiger partial charge in [0.05, 0.1) is 35.0 Å². The quantitative estimate of drug-likeness (QED) is 0.367. The van der Waals surface area contributed by atoms with Gasteiger partial charge in [0.15, 0.2) is 6.29 Å². The molecule has 2 aromatic rings. The Morgan fingerprint density at radius 3 is 2.70 bits per heavy atom. The van der Waals surface area contributed by atoms with Crippen molar-refractivity contribution < 1.29 is 23.7 Å². The van der Waals surface area contributed by atoms with E-state index in [0.717, 1.165) is 6.07 Å². The van der Waals surface area contributed by atoms with Gasteiger partial charge in [0, 0.05) is 0 Å². The predicted molar refractivity (Wildman–Crippen MR) is 67.5 cm³/mol. The van der Waals surface area contributed by atoms with Gasteiger partial charge in [0.1, 0.15) is 5.76 Å². The summed E-state index contributed by atoms with van der Waals surface area (Å²) in [5.74, 6) is -0.513. The molecule has 0 amide bonds. The zero-order chi connectivity index (χ0) is 14.7. The van der Waals surface area contributed by atoms with Crippen LogP contribution in [-0.2, 0) is 4.74 Å². The van der Waals surface area contributed by atoms with Crippen molar-refractivity contribution in [2.45, 2.75) is 0 Å². The molecule has 1 aromatic carbocycles. The fraction of sp³-hybridized carbons (Fsp3) is 0.0769. The number of nitrogens with zero attached hydrogens (tertiary/aromatic N) is 1. The molecule has 0 spiro atoms. The lowest BCUT2D eigenvalue weighted by Crippen LogP contribution is -2.05. The van der Waals surface area contributed by atoms with E-state index in [9.17, 15) is 19.7 Å². The first kappa shape index (κ1) is 13.5. The van der Waals surface area contributed by atoms with Gasteiger partial charge in [0.25, 0.3) is 5.69 Å². The molecule has 0 N–H and O–H groups in total. The third kappa shape index (κ3) is 2.28. The monoisotopic (exact) mass is 275 g/mol. The van der Waals surface area contributed by atoms with Crippen molar-refractivity contribution in [1.82, 2.24) is 0 Å². The number of benzene rings is 1. The van der Waals surface area contributed by atoms with Crippen LogP contribution in [0.1, 0.15) is 20.7 Å². The second-order valence-electron chi connectivity index (χ2n) is 3.81. The maximum atomic E-state index is 11.5. The van der Waals surface area contributed by atoms with Gasteiger partial charge in [-0.15, -0.1) is 0 Å². The Morgan fingerprint density at radius 2 is 2.20 bits per heavy atom. The van der Waals surface area contributed by atoms with Crippen LogP contribution >= 0.6 is 0 Å². The lowest BCUT2D eigenvalue weighted by Gasteiger charge is -2.06. The number of furan rings is 1. The van der Waals surface area contributed by atoms with Crippen LogP contribution < -0.4 is 0 Å². The summed E-state index contributed by atoms with van der Waals surface area (Å²) in [6, 6.07) is 5.42. The van der Waals surface area contributed by atoms with Crippen LogP contribution in [-0.4, -0.2) is 24.3 Å². The number of nitro groups is 1. The molecule has 0 aliphatic rings. The molecule has 0 aliphatic carbocycles. The molecule has 0 saturated carbocycles. The normalized spacial score (nSPS) is 10.1. The highest BCUT2D eigenvalue weighted by atomic mass is 16.6. The van der Waals surface area contributed by atoms with Gasteiger partial charge in [-0.25, -0.2) is 4.79 Å². The van der Waals surface area contributed by atoms with Crippen molar-refractivity contribution in [1.29, 1.82) is 0 Å². The van der Waals surface area contributed by atoms with Crippen LogP contribution in [0, 0.1) is 10.1 Å². The number of hydrogen-bond acceptors (Lipinski definition) is 6. The molecule has 102 valence electrons. The fourth-order valence-corrected chi connectivity index (χ4v) is 1.81. The summed E-state index contributed by atoms with van der Waals surface area (Å²) >= 11 is 0. The molecular formula is C13H9NO6. The summed E-state index contributed by atoms with van der Waals surface area (Å²) in [4.78, 5) is 33.0. The molecule has 0 aliphatic heterocycles. The lowest BCUT2D eigenvalue weighted by atomic mass is 10.0. The Bertz CT molecular complexity index is 674. The van der Waals surface area contributed by atoms with Gasteiger partial charge in [-0.3, -0.25) is 14.9 Å². The van der Waals surface area contributed by atoms with Gasteiger partial charge in [-0.05, 0) is 24.3 Å². The number of aldehydes is 1. The third-order valence-corrected chi connectivity index (χ3v) is 2.66. The standard InChI is InChI=1S/C13H9NO6/c1-19-13(16)8-5-9(7-15)12(14(17)18)10(6-8)11-3-2-4-20-11/h2-7H,1H3. The smallest absolute Gasteiger partial charge is 0.337 e. The van der Waals surface area contributed by atoms with E-state index in [4.69, 9.17) is 4.42 Å². The fourth-order valence-electron chi connectivity index (χ4n) is 1.81. The first-order valence-electron chi connectivity index (χ1n) is 5.48. The Kier molecular flexibility index (Phi) is 3.60. The summed E-state index contributed by atoms with van der Waals surface area (Å²) < 4.78 is 9.66. The Labute approximate surface area is 112 Å². The van der Waals surface area contributed by atoms with Crippen LogP contribution in [0.3, 0.4) is 0 Å². The van der Waals surface area contributed by atoms with Crippen molar-refractivity contribution in [3.8, 4) is 11.3 Å². The van der Waals surface area contributed by atoms with E-state index in [1.807, 2.05) is 0 Å². The number of ether oxygens (including phenoxy) is 1. The molecule has 1 aromatic heterocycles. The highest BCUT2D eigenvalue weighted by molar-refractivity contribution is 5.97. The summed E-state index contributed by atoms with van der Waals surface area (Å²) in [5, 5.41) is 11.1. The van der Waals surface area contributed by atoms with Crippen molar-refractivity contribution >= 4 is 17.9 Å². The van der Waals surface area contributed by atoms with E-state index in [1.165, 1.54) is 25.5 Å². The van der Waals surface area contributed by atoms with Crippen molar-refractivity contribution in [3.63, 3.8) is 0 Å². The minimum absolute atomic E-state index is 0.0339. The zero-order valence-electron chi connectivity index (χ0n) is 10.4. The lowest BCUT2D eigenvalue weighted by molar-refractivity contribution is -0.384. The minimum Gasteiger partial charge on any atom is -0.465 e. The van der Waals surface area contributed by atoms with Gasteiger partial charge in [-0.2, -0.15) is 0 Å². The maximum Gasteiger partial charge on any atom is 0.337 e. The maximum absolute atomic E-state index is 11.5. The second kappa shape index (κ2) is 5.35. The summed E-state index contributed by atoms with van der Waals surface area (Å²) in [6.07, 6.45) is 1.65. The molecule has 0 bridgehead atoms. The zero-order valence-corrected chi connectivity index (χ0v) is 10.4. The topological polar surface area (TPSA) is 99.7 Å². The van der Waals surface area contributed by atoms with E-state index < -0.39 is 16.6 Å². The largest absolute Gasteiger partial charge is 0.465 e. The average Bonchev–Trinajstić information content (AvgIpc) is 2.98. The number of rotatable bonds is 4. The number of carbonyl (C=O) groups is 2. The Balaban J connectivity index is 2.77. The molecule has 0 unspecified atom stereocenters. The molecule has 0 atom stereocenters. The van der Waals surface area contributed by atoms with E-state index in [0.29, 0.717) is 6.29 Å². The number of hydrogen-bond donors (Lipinski definition) is 0. The van der Waals surface area contributed by atoms with Gasteiger partial charge < -0.3 is 9.15 Å². The molecule has 20 heavy (non-hydrogen) atoms. The van der Waals surface area contributed by atoms with Crippen molar-refractivity contribution in [2.24, 2.45) is 0 Å². The number of esters is 1. The highest BCUT2D eigenvalue weighted by Gasteiger charge is 2.25. The van der Waals surface area contributed by atoms with Crippen LogP contribution in [0.25, 0.3) is 11.3 Å². The highest BCUT2D eigenvalue weighted by Crippen LogP contribution is 2.34. The SMILES string of the molecule is COC(=O)c1cc(C=O)c([N+](=O)[O-])c(-c2ccco2)c1. The number of nitro benzene ring substituents is 1. The molecule has 0 saturated heterocycles. The third-order valence-electron chi connectivity index (χ3n) is 2.66. The van der Waals surface area contributed by atoms with Gasteiger partial charge >= 0.3 is 5.97 Å². The van der Waals surface area contributed by atoms with Gasteiger partial charge in [-0.1, -0.05) is 0 Å². The Morgan fingerprint density at radius 1 is 1.45 bits per heavy atom. The van der Waals surface area contributed by atoms with Crippen LogP contribution in [0.2, 0.25) is 0 Å². The van der Waals surface area contributed by atoms with E-state index >= 15 is 0 Å². The van der Waals surface area contributed by atoms with E-state index in [-0.39, 0.29) is 22.5 Å². The molecule has 7 nitrogen and oxygen atoms in total. The van der Waals surface area contributed by atoms with Crippen molar-refractivity contribution in [3.05, 3.63) is 51.8 Å². The first-order chi connectivity index (χ1) is 9.58. The van der Waals surface area contributed by atoms with Crippen molar-refractivity contribution in [2.75, 3.05) is 7.11 Å². The molecule has 1 heterocycles. The average molecular weight is 275 g/mol. The second-order valence-corrected chi connectivity index (χ2v) is 3.81. The number of carbonyl (C=O) groups excluding carboxylic acids is 2. The molecule has 0 radical (unpaired) electrons. The number of methoxy groups -OCH3 is 1. The van der Waals surface area contributed by atoms with Gasteiger partial charge in [0.2, 0.25) is 0 Å². The predicted octanol–water partition coefficient (Wildman–Crippen LogP) is 2.45. The van der Waals surface area contributed by atoms with Crippen LogP contribution in [0.15, 0.2) is 34.9 Å². The first-order valence-corrected chi connectivity index (χ1v) is 5.48. The minimum atomic E-state index is -0.698. The summed E-state index contributed by atoms with van der Waals surface area (Å²) in [7, 11) is 1.18. The molecule has 2 rings (SSSR count). The Hall–Kier alpha value is -2.96. The van der Waals surface area contributed by atoms with E-state index in [1.54, 1.807) is 6.07 Å². The van der Waals surface area contributed by atoms with Crippen LogP contribution in [0.5, 0.6) is 0 Å². The van der Waals surface area contributed by atoms with E-state index in [2.05, 4.69) is 4.74 Å². The molecule has 0 fully saturated rings. The summed E-state index contributed by atoms with van der Waals surface area (Å²) in [6.45, 7) is 0. The molecule has 7 heteroatoms. The molecular weight excluding hydrogens is 266 g/mol. The van der Waals surface area contributed by atoms with Crippen LogP contribution in [0.4, 0.5) is 5.69 Å².